The Hall–Kier alpha value is -3.15. The van der Waals surface area contributed by atoms with Gasteiger partial charge >= 0.3 is 0 Å². The topological polar surface area (TPSA) is 70.6 Å². The van der Waals surface area contributed by atoms with Crippen LogP contribution in [0.5, 0.6) is 0 Å². The van der Waals surface area contributed by atoms with Crippen LogP contribution in [0.1, 0.15) is 17.0 Å². The fourth-order valence-electron chi connectivity index (χ4n) is 3.32. The Morgan fingerprint density at radius 1 is 1.00 bits per heavy atom. The third-order valence-electron chi connectivity index (χ3n) is 4.77. The van der Waals surface area contributed by atoms with Crippen LogP contribution in [-0.2, 0) is 9.59 Å². The zero-order valence-corrected chi connectivity index (χ0v) is 17.2. The lowest BCUT2D eigenvalue weighted by atomic mass is 9.90. The molecule has 1 aliphatic heterocycles. The molecule has 0 aliphatic carbocycles. The summed E-state index contributed by atoms with van der Waals surface area (Å²) < 4.78 is 0. The van der Waals surface area contributed by atoms with Gasteiger partial charge in [-0.2, -0.15) is 0 Å². The maximum atomic E-state index is 13.3. The number of nitrogens with one attached hydrogen (secondary N) is 2. The third kappa shape index (κ3) is 4.22. The highest BCUT2D eigenvalue weighted by molar-refractivity contribution is 6.32. The van der Waals surface area contributed by atoms with Gasteiger partial charge in [0.2, 0.25) is 5.91 Å². The molecular formula is C23H17Cl2N3O2. The standard InChI is InChI=1S/C23H17Cl2N3O2/c24-15-10-11-18-19(12-15)27-22(29)20(13-26-18)28-23(30)21(14-6-2-1-3-7-14)16-8-4-5-9-17(16)25/h1-13,20-21H,(H,27,29)(H,28,30)/t20-,21+/m1/s1. The van der Waals surface area contributed by atoms with Crippen molar-refractivity contribution < 1.29 is 9.59 Å². The fraction of sp³-hybridized carbons (Fsp3) is 0.0870. The number of aliphatic imine (C=N–C) groups is 1. The first-order valence-corrected chi connectivity index (χ1v) is 10.0. The maximum absolute atomic E-state index is 13.3. The van der Waals surface area contributed by atoms with Crippen molar-refractivity contribution in [3.63, 3.8) is 0 Å². The van der Waals surface area contributed by atoms with Gasteiger partial charge in [0, 0.05) is 16.3 Å². The van der Waals surface area contributed by atoms with Gasteiger partial charge in [-0.15, -0.1) is 0 Å². The van der Waals surface area contributed by atoms with Crippen LogP contribution in [0.3, 0.4) is 0 Å². The van der Waals surface area contributed by atoms with Crippen LogP contribution in [0.25, 0.3) is 0 Å². The molecule has 30 heavy (non-hydrogen) atoms. The lowest BCUT2D eigenvalue weighted by Crippen LogP contribution is -2.46. The first-order valence-electron chi connectivity index (χ1n) is 9.27. The Morgan fingerprint density at radius 3 is 2.50 bits per heavy atom. The van der Waals surface area contributed by atoms with Crippen molar-refractivity contribution in [1.82, 2.24) is 5.32 Å². The predicted octanol–water partition coefficient (Wildman–Crippen LogP) is 4.96. The van der Waals surface area contributed by atoms with Crippen molar-refractivity contribution >= 4 is 52.6 Å². The smallest absolute Gasteiger partial charge is 0.252 e. The van der Waals surface area contributed by atoms with Crippen LogP contribution in [0.4, 0.5) is 11.4 Å². The molecule has 2 amide bonds. The average Bonchev–Trinajstić information content (AvgIpc) is 2.89. The number of fused-ring (bicyclic) bond motifs is 1. The second-order valence-corrected chi connectivity index (χ2v) is 7.62. The quantitative estimate of drug-likeness (QED) is 0.604. The number of halogens is 2. The zero-order valence-electron chi connectivity index (χ0n) is 15.7. The summed E-state index contributed by atoms with van der Waals surface area (Å²) in [6.07, 6.45) is 1.42. The van der Waals surface area contributed by atoms with E-state index in [1.807, 2.05) is 36.4 Å². The van der Waals surface area contributed by atoms with Crippen molar-refractivity contribution in [2.75, 3.05) is 5.32 Å². The Kier molecular flexibility index (Phi) is 5.84. The molecular weight excluding hydrogens is 421 g/mol. The van der Waals surface area contributed by atoms with Gasteiger partial charge < -0.3 is 10.6 Å². The minimum Gasteiger partial charge on any atom is -0.339 e. The largest absolute Gasteiger partial charge is 0.339 e. The van der Waals surface area contributed by atoms with Gasteiger partial charge in [-0.1, -0.05) is 71.7 Å². The van der Waals surface area contributed by atoms with E-state index in [0.29, 0.717) is 27.0 Å². The van der Waals surface area contributed by atoms with Crippen LogP contribution in [0, 0.1) is 0 Å². The molecule has 0 saturated carbocycles. The Balaban J connectivity index is 1.63. The molecule has 2 atom stereocenters. The molecule has 0 radical (unpaired) electrons. The van der Waals surface area contributed by atoms with E-state index in [1.54, 1.807) is 36.4 Å². The third-order valence-corrected chi connectivity index (χ3v) is 5.35. The van der Waals surface area contributed by atoms with Gasteiger partial charge in [-0.25, -0.2) is 0 Å². The van der Waals surface area contributed by atoms with Crippen molar-refractivity contribution in [2.24, 2.45) is 4.99 Å². The molecule has 5 nitrogen and oxygen atoms in total. The zero-order chi connectivity index (χ0) is 21.1. The highest BCUT2D eigenvalue weighted by atomic mass is 35.5. The van der Waals surface area contributed by atoms with Gasteiger partial charge in [0.1, 0.15) is 6.04 Å². The molecule has 7 heteroatoms. The van der Waals surface area contributed by atoms with Gasteiger partial charge in [0.15, 0.2) is 0 Å². The van der Waals surface area contributed by atoms with Gasteiger partial charge in [0.25, 0.3) is 5.91 Å². The number of anilines is 1. The highest BCUT2D eigenvalue weighted by Crippen LogP contribution is 2.32. The summed E-state index contributed by atoms with van der Waals surface area (Å²) in [5.74, 6) is -1.44. The SMILES string of the molecule is O=C(N[C@@H]1C=Nc2ccc(Cl)cc2NC1=O)[C@@H](c1ccccc1)c1ccccc1Cl. The molecule has 150 valence electrons. The van der Waals surface area contributed by atoms with E-state index in [4.69, 9.17) is 23.2 Å². The monoisotopic (exact) mass is 437 g/mol. The maximum Gasteiger partial charge on any atom is 0.252 e. The predicted molar refractivity (Wildman–Crippen MR) is 120 cm³/mol. The van der Waals surface area contributed by atoms with Crippen molar-refractivity contribution in [2.45, 2.75) is 12.0 Å². The molecule has 0 fully saturated rings. The lowest BCUT2D eigenvalue weighted by Gasteiger charge is -2.21. The number of amides is 2. The van der Waals surface area contributed by atoms with Crippen molar-refractivity contribution in [1.29, 1.82) is 0 Å². The van der Waals surface area contributed by atoms with Crippen LogP contribution in [0.2, 0.25) is 10.0 Å². The minimum atomic E-state index is -0.947. The first-order chi connectivity index (χ1) is 14.5. The molecule has 0 spiro atoms. The Morgan fingerprint density at radius 2 is 1.73 bits per heavy atom. The summed E-state index contributed by atoms with van der Waals surface area (Å²) in [5.41, 5.74) is 2.48. The molecule has 0 aromatic heterocycles. The fourth-order valence-corrected chi connectivity index (χ4v) is 3.74. The Bertz CT molecular complexity index is 1130. The Labute approximate surface area is 183 Å². The second kappa shape index (κ2) is 8.69. The number of nitrogens with zero attached hydrogens (tertiary/aromatic N) is 1. The first kappa shape index (κ1) is 20.1. The number of benzene rings is 3. The second-order valence-electron chi connectivity index (χ2n) is 6.78. The normalized spacial score (nSPS) is 16.2. The highest BCUT2D eigenvalue weighted by Gasteiger charge is 2.29. The molecule has 2 N–H and O–H groups in total. The van der Waals surface area contributed by atoms with Crippen molar-refractivity contribution in [3.05, 3.63) is 94.0 Å². The summed E-state index contributed by atoms with van der Waals surface area (Å²) in [6, 6.07) is 20.5. The van der Waals surface area contributed by atoms with Gasteiger partial charge in [0.05, 0.1) is 17.3 Å². The summed E-state index contributed by atoms with van der Waals surface area (Å²) in [4.78, 5) is 30.3. The number of rotatable bonds is 4. The average molecular weight is 438 g/mol. The summed E-state index contributed by atoms with van der Waals surface area (Å²) in [7, 11) is 0. The molecule has 1 heterocycles. The summed E-state index contributed by atoms with van der Waals surface area (Å²) >= 11 is 12.4. The molecule has 3 aromatic carbocycles. The van der Waals surface area contributed by atoms with E-state index in [0.717, 1.165) is 5.56 Å². The van der Waals surface area contributed by atoms with E-state index < -0.39 is 17.9 Å². The number of hydrogen-bond acceptors (Lipinski definition) is 3. The van der Waals surface area contributed by atoms with E-state index in [2.05, 4.69) is 15.6 Å². The number of hydrogen-bond donors (Lipinski definition) is 2. The van der Waals surface area contributed by atoms with Crippen LogP contribution >= 0.6 is 23.2 Å². The van der Waals surface area contributed by atoms with E-state index in [1.165, 1.54) is 6.21 Å². The van der Waals surface area contributed by atoms with Crippen molar-refractivity contribution in [3.8, 4) is 0 Å². The summed E-state index contributed by atoms with van der Waals surface area (Å²) in [6.45, 7) is 0. The molecule has 0 bridgehead atoms. The van der Waals surface area contributed by atoms with E-state index >= 15 is 0 Å². The van der Waals surface area contributed by atoms with E-state index in [9.17, 15) is 9.59 Å². The molecule has 0 saturated heterocycles. The number of carbonyl (C=O) groups excluding carboxylic acids is 2. The molecule has 0 unspecified atom stereocenters. The van der Waals surface area contributed by atoms with Crippen LogP contribution < -0.4 is 10.6 Å². The summed E-state index contributed by atoms with van der Waals surface area (Å²) in [5, 5.41) is 6.51. The number of carbonyl (C=O) groups is 2. The lowest BCUT2D eigenvalue weighted by molar-refractivity contribution is -0.125. The van der Waals surface area contributed by atoms with Crippen LogP contribution in [0.15, 0.2) is 77.8 Å². The van der Waals surface area contributed by atoms with Gasteiger partial charge in [-0.3, -0.25) is 14.6 Å². The molecule has 4 rings (SSSR count). The molecule has 3 aromatic rings. The molecule has 1 aliphatic rings. The van der Waals surface area contributed by atoms with Crippen LogP contribution in [-0.4, -0.2) is 24.1 Å². The van der Waals surface area contributed by atoms with E-state index in [-0.39, 0.29) is 5.91 Å². The van der Waals surface area contributed by atoms with Gasteiger partial charge in [-0.05, 0) is 35.4 Å². The minimum absolute atomic E-state index is 0.357.